The van der Waals surface area contributed by atoms with E-state index in [0.717, 1.165) is 11.6 Å². The lowest BCUT2D eigenvalue weighted by Gasteiger charge is -2.10. The van der Waals surface area contributed by atoms with Crippen molar-refractivity contribution in [1.82, 2.24) is 5.32 Å². The maximum Gasteiger partial charge on any atom is 0.221 e. The number of rotatable bonds is 7. The minimum atomic E-state index is -3.84. The highest BCUT2D eigenvalue weighted by molar-refractivity contribution is 7.91. The van der Waals surface area contributed by atoms with Crippen LogP contribution < -0.4 is 10.1 Å². The van der Waals surface area contributed by atoms with Crippen LogP contribution in [0.25, 0.3) is 0 Å². The van der Waals surface area contributed by atoms with Crippen molar-refractivity contribution in [3.8, 4) is 5.75 Å². The molecule has 2 rings (SSSR count). The number of ether oxygens (including phenoxy) is 1. The normalized spacial score (nSPS) is 11.1. The average molecular weight is 351 g/mol. The molecule has 0 aliphatic carbocycles. The molecule has 0 heterocycles. The fourth-order valence-electron chi connectivity index (χ4n) is 2.17. The molecule has 7 heteroatoms. The van der Waals surface area contributed by atoms with Crippen LogP contribution in [-0.4, -0.2) is 27.2 Å². The summed E-state index contributed by atoms with van der Waals surface area (Å²) in [5.41, 5.74) is 0.783. The number of carbonyl (C=O) groups excluding carboxylic acids is 1. The van der Waals surface area contributed by atoms with Gasteiger partial charge in [0, 0.05) is 18.5 Å². The van der Waals surface area contributed by atoms with Crippen molar-refractivity contribution >= 4 is 15.7 Å². The smallest absolute Gasteiger partial charge is 0.221 e. The summed E-state index contributed by atoms with van der Waals surface area (Å²) in [4.78, 5) is 11.5. The highest BCUT2D eigenvalue weighted by atomic mass is 32.2. The third-order valence-corrected chi connectivity index (χ3v) is 5.18. The molecule has 5 nitrogen and oxygen atoms in total. The van der Waals surface area contributed by atoms with Crippen molar-refractivity contribution in [3.05, 3.63) is 59.9 Å². The molecule has 0 unspecified atom stereocenters. The zero-order valence-corrected chi connectivity index (χ0v) is 14.0. The number of halogens is 1. The van der Waals surface area contributed by atoms with Gasteiger partial charge in [0.1, 0.15) is 16.5 Å². The van der Waals surface area contributed by atoms with E-state index in [1.807, 2.05) is 12.1 Å². The third kappa shape index (κ3) is 4.55. The summed E-state index contributed by atoms with van der Waals surface area (Å²) in [5.74, 6) is -1.06. The molecule has 0 aliphatic rings. The number of hydrogen-bond acceptors (Lipinski definition) is 4. The number of para-hydroxylation sites is 1. The number of nitrogens with one attached hydrogen (secondary N) is 1. The van der Waals surface area contributed by atoms with Gasteiger partial charge in [0.05, 0.1) is 12.9 Å². The first kappa shape index (κ1) is 17.9. The van der Waals surface area contributed by atoms with E-state index in [0.29, 0.717) is 5.75 Å². The lowest BCUT2D eigenvalue weighted by Crippen LogP contribution is -2.25. The van der Waals surface area contributed by atoms with Gasteiger partial charge in [-0.05, 0) is 18.2 Å². The molecule has 0 aromatic heterocycles. The van der Waals surface area contributed by atoms with Crippen LogP contribution in [0.4, 0.5) is 4.39 Å². The molecule has 128 valence electrons. The second kappa shape index (κ2) is 7.92. The summed E-state index contributed by atoms with van der Waals surface area (Å²) >= 11 is 0. The molecule has 0 saturated carbocycles. The van der Waals surface area contributed by atoms with Gasteiger partial charge in [-0.15, -0.1) is 0 Å². The zero-order valence-electron chi connectivity index (χ0n) is 13.2. The van der Waals surface area contributed by atoms with Crippen molar-refractivity contribution in [1.29, 1.82) is 0 Å². The standard InChI is InChI=1S/C17H18FNO4S/c1-23-15-8-4-2-6-13(15)12-19-17(20)10-11-24(21,22)16-9-5-3-7-14(16)18/h2-9H,10-12H2,1H3,(H,19,20). The Labute approximate surface area is 140 Å². The van der Waals surface area contributed by atoms with Gasteiger partial charge in [0.2, 0.25) is 5.91 Å². The van der Waals surface area contributed by atoms with Crippen LogP contribution in [-0.2, 0) is 21.2 Å². The molecule has 2 aromatic carbocycles. The largest absolute Gasteiger partial charge is 0.496 e. The van der Waals surface area contributed by atoms with E-state index in [1.165, 1.54) is 25.3 Å². The van der Waals surface area contributed by atoms with Gasteiger partial charge in [-0.1, -0.05) is 30.3 Å². The number of carbonyl (C=O) groups is 1. The molecule has 0 atom stereocenters. The van der Waals surface area contributed by atoms with Gasteiger partial charge >= 0.3 is 0 Å². The van der Waals surface area contributed by atoms with Crippen LogP contribution in [0.2, 0.25) is 0 Å². The second-order valence-corrected chi connectivity index (χ2v) is 7.17. The lowest BCUT2D eigenvalue weighted by molar-refractivity contribution is -0.120. The second-order valence-electron chi connectivity index (χ2n) is 5.09. The molecule has 0 bridgehead atoms. The van der Waals surface area contributed by atoms with Crippen molar-refractivity contribution in [2.75, 3.05) is 12.9 Å². The Morgan fingerprint density at radius 3 is 2.50 bits per heavy atom. The van der Waals surface area contributed by atoms with Crippen LogP contribution >= 0.6 is 0 Å². The minimum Gasteiger partial charge on any atom is -0.496 e. The molecule has 0 aliphatic heterocycles. The van der Waals surface area contributed by atoms with E-state index in [2.05, 4.69) is 5.32 Å². The van der Waals surface area contributed by atoms with Crippen LogP contribution in [0.5, 0.6) is 5.75 Å². The number of sulfone groups is 1. The van der Waals surface area contributed by atoms with Gasteiger partial charge in [0.15, 0.2) is 9.84 Å². The first-order valence-corrected chi connectivity index (χ1v) is 8.95. The van der Waals surface area contributed by atoms with Crippen LogP contribution in [0.15, 0.2) is 53.4 Å². The molecule has 0 saturated heterocycles. The predicted octanol–water partition coefficient (Wildman–Crippen LogP) is 2.31. The highest BCUT2D eigenvalue weighted by Crippen LogP contribution is 2.17. The average Bonchev–Trinajstić information content (AvgIpc) is 2.58. The van der Waals surface area contributed by atoms with Crippen LogP contribution in [0, 0.1) is 5.82 Å². The fraction of sp³-hybridized carbons (Fsp3) is 0.235. The SMILES string of the molecule is COc1ccccc1CNC(=O)CCS(=O)(=O)c1ccccc1F. The Balaban J connectivity index is 1.93. The molecule has 0 spiro atoms. The van der Waals surface area contributed by atoms with E-state index in [4.69, 9.17) is 4.74 Å². The summed E-state index contributed by atoms with van der Waals surface area (Å²) in [5, 5.41) is 2.64. The van der Waals surface area contributed by atoms with E-state index in [1.54, 1.807) is 12.1 Å². The molecule has 24 heavy (non-hydrogen) atoms. The van der Waals surface area contributed by atoms with E-state index >= 15 is 0 Å². The van der Waals surface area contributed by atoms with Crippen LogP contribution in [0.3, 0.4) is 0 Å². The van der Waals surface area contributed by atoms with E-state index in [-0.39, 0.29) is 17.9 Å². The fourth-order valence-corrected chi connectivity index (χ4v) is 3.49. The number of amides is 1. The van der Waals surface area contributed by atoms with E-state index < -0.39 is 27.3 Å². The summed E-state index contributed by atoms with van der Waals surface area (Å²) in [6, 6.07) is 12.3. The van der Waals surface area contributed by atoms with Crippen LogP contribution in [0.1, 0.15) is 12.0 Å². The number of benzene rings is 2. The monoisotopic (exact) mass is 351 g/mol. The Bertz CT molecular complexity index is 821. The maximum atomic E-state index is 13.6. The molecule has 1 N–H and O–H groups in total. The van der Waals surface area contributed by atoms with Gasteiger partial charge in [-0.2, -0.15) is 0 Å². The quantitative estimate of drug-likeness (QED) is 0.831. The van der Waals surface area contributed by atoms with Gasteiger partial charge in [-0.3, -0.25) is 4.79 Å². The Morgan fingerprint density at radius 2 is 1.79 bits per heavy atom. The topological polar surface area (TPSA) is 72.5 Å². The molecular weight excluding hydrogens is 333 g/mol. The Morgan fingerprint density at radius 1 is 1.12 bits per heavy atom. The molecule has 0 radical (unpaired) electrons. The number of hydrogen-bond donors (Lipinski definition) is 1. The third-order valence-electron chi connectivity index (χ3n) is 3.44. The van der Waals surface area contributed by atoms with Gasteiger partial charge in [0.25, 0.3) is 0 Å². The lowest BCUT2D eigenvalue weighted by atomic mass is 10.2. The predicted molar refractivity (Wildman–Crippen MR) is 87.9 cm³/mol. The molecule has 0 fully saturated rings. The van der Waals surface area contributed by atoms with Crippen molar-refractivity contribution in [2.24, 2.45) is 0 Å². The first-order valence-electron chi connectivity index (χ1n) is 7.30. The van der Waals surface area contributed by atoms with E-state index in [9.17, 15) is 17.6 Å². The molecular formula is C17H18FNO4S. The summed E-state index contributed by atoms with van der Waals surface area (Å²) in [7, 11) is -2.31. The minimum absolute atomic E-state index is 0.225. The first-order chi connectivity index (χ1) is 11.4. The zero-order chi connectivity index (χ0) is 17.6. The number of methoxy groups -OCH3 is 1. The summed E-state index contributed by atoms with van der Waals surface area (Å²) < 4.78 is 42.9. The molecule has 2 aromatic rings. The van der Waals surface area contributed by atoms with Crippen molar-refractivity contribution in [3.63, 3.8) is 0 Å². The summed E-state index contributed by atoms with van der Waals surface area (Å²) in [6.07, 6.45) is -0.244. The highest BCUT2D eigenvalue weighted by Gasteiger charge is 2.20. The van der Waals surface area contributed by atoms with Gasteiger partial charge in [-0.25, -0.2) is 12.8 Å². The summed E-state index contributed by atoms with van der Waals surface area (Å²) in [6.45, 7) is 0.225. The Hall–Kier alpha value is -2.41. The molecule has 1 amide bonds. The Kier molecular flexibility index (Phi) is 5.92. The van der Waals surface area contributed by atoms with Gasteiger partial charge < -0.3 is 10.1 Å². The van der Waals surface area contributed by atoms with Crippen molar-refractivity contribution < 1.29 is 22.3 Å². The maximum absolute atomic E-state index is 13.6. The van der Waals surface area contributed by atoms with Crippen molar-refractivity contribution in [2.45, 2.75) is 17.9 Å².